The van der Waals surface area contributed by atoms with E-state index in [2.05, 4.69) is 63.2 Å². The van der Waals surface area contributed by atoms with Crippen molar-refractivity contribution >= 4 is 12.2 Å². The van der Waals surface area contributed by atoms with E-state index in [-0.39, 0.29) is 18.2 Å². The van der Waals surface area contributed by atoms with Gasteiger partial charge in [0.2, 0.25) is 0 Å². The van der Waals surface area contributed by atoms with E-state index in [9.17, 15) is 4.79 Å². The molecule has 0 N–H and O–H groups in total. The predicted molar refractivity (Wildman–Crippen MR) is 122 cm³/mol. The molecule has 30 heavy (non-hydrogen) atoms. The van der Waals surface area contributed by atoms with Gasteiger partial charge in [-0.15, -0.1) is 0 Å². The summed E-state index contributed by atoms with van der Waals surface area (Å²) in [5.74, 6) is 1.57. The zero-order chi connectivity index (χ0) is 21.1. The van der Waals surface area contributed by atoms with Crippen LogP contribution in [0, 0.1) is 17.8 Å². The van der Waals surface area contributed by atoms with Crippen LogP contribution in [-0.2, 0) is 11.2 Å². The highest BCUT2D eigenvalue weighted by atomic mass is 16.6. The number of fused-ring (bicyclic) bond motifs is 1. The molecule has 3 heteroatoms. The van der Waals surface area contributed by atoms with Gasteiger partial charge in [-0.25, -0.2) is 4.79 Å². The monoisotopic (exact) mass is 403 g/mol. The van der Waals surface area contributed by atoms with Crippen LogP contribution in [0.2, 0.25) is 0 Å². The first-order chi connectivity index (χ1) is 14.5. The lowest BCUT2D eigenvalue weighted by atomic mass is 9.75. The Morgan fingerprint density at radius 1 is 1.07 bits per heavy atom. The number of nitrogens with zero attached hydrogens (tertiary/aromatic N) is 1. The molecule has 0 radical (unpaired) electrons. The first-order valence-corrected chi connectivity index (χ1v) is 11.3. The summed E-state index contributed by atoms with van der Waals surface area (Å²) < 4.78 is 6.19. The van der Waals surface area contributed by atoms with Crippen LogP contribution < -0.4 is 0 Å². The lowest BCUT2D eigenvalue weighted by molar-refractivity contribution is -0.00931. The molecule has 1 aliphatic carbocycles. The van der Waals surface area contributed by atoms with Gasteiger partial charge in [-0.2, -0.15) is 0 Å². The molecule has 0 bridgehead atoms. The predicted octanol–water partition coefficient (Wildman–Crippen LogP) is 6.85. The van der Waals surface area contributed by atoms with Crippen LogP contribution in [0.25, 0.3) is 6.08 Å². The van der Waals surface area contributed by atoms with Crippen LogP contribution in [0.15, 0.2) is 60.8 Å². The van der Waals surface area contributed by atoms with E-state index in [1.807, 2.05) is 29.3 Å². The zero-order valence-corrected chi connectivity index (χ0v) is 18.3. The molecular formula is C27H33NO2. The third kappa shape index (κ3) is 4.45. The Balaban J connectivity index is 1.58. The van der Waals surface area contributed by atoms with Crippen molar-refractivity contribution < 1.29 is 9.53 Å². The van der Waals surface area contributed by atoms with Gasteiger partial charge in [-0.1, -0.05) is 81.8 Å². The Kier molecular flexibility index (Phi) is 6.26. The Bertz CT molecular complexity index is 889. The average Bonchev–Trinajstić information content (AvgIpc) is 2.74. The van der Waals surface area contributed by atoms with Gasteiger partial charge in [-0.3, -0.25) is 4.90 Å². The molecule has 4 rings (SSSR count). The van der Waals surface area contributed by atoms with Gasteiger partial charge in [0.1, 0.15) is 6.10 Å². The maximum absolute atomic E-state index is 13.4. The third-order valence-electron chi connectivity index (χ3n) is 6.80. The summed E-state index contributed by atoms with van der Waals surface area (Å²) in [4.78, 5) is 15.2. The minimum atomic E-state index is -0.216. The molecule has 1 amide bonds. The smallest absolute Gasteiger partial charge is 0.414 e. The molecule has 0 aromatic heterocycles. The molecule has 0 saturated heterocycles. The standard InChI is InChI=1S/C27H33NO2/c1-19(2)23-14-13-20(3)17-26(23)30-27(29)28-16-15-22-11-7-8-12-24(22)25(28)18-21-9-5-4-6-10-21/h4-12,15-16,19-20,23,25-26H,13-14,17-18H2,1-3H3/t20-,23+,25?,26-/m1/s1. The fourth-order valence-electron chi connectivity index (χ4n) is 5.05. The van der Waals surface area contributed by atoms with Crippen LogP contribution in [-0.4, -0.2) is 17.1 Å². The number of hydrogen-bond acceptors (Lipinski definition) is 2. The number of ether oxygens (including phenoxy) is 1. The number of carbonyl (C=O) groups excluding carboxylic acids is 1. The number of carbonyl (C=O) groups is 1. The Morgan fingerprint density at radius 2 is 1.80 bits per heavy atom. The molecule has 158 valence electrons. The van der Waals surface area contributed by atoms with Gasteiger partial charge in [0.15, 0.2) is 0 Å². The lowest BCUT2D eigenvalue weighted by Gasteiger charge is -2.39. The second kappa shape index (κ2) is 9.07. The number of benzene rings is 2. The van der Waals surface area contributed by atoms with E-state index < -0.39 is 0 Å². The average molecular weight is 404 g/mol. The van der Waals surface area contributed by atoms with Crippen molar-refractivity contribution in [1.29, 1.82) is 0 Å². The minimum Gasteiger partial charge on any atom is -0.446 e. The molecular weight excluding hydrogens is 370 g/mol. The largest absolute Gasteiger partial charge is 0.446 e. The van der Waals surface area contributed by atoms with Gasteiger partial charge < -0.3 is 4.74 Å². The molecule has 1 heterocycles. The first kappa shape index (κ1) is 20.7. The number of rotatable bonds is 4. The van der Waals surface area contributed by atoms with E-state index in [0.29, 0.717) is 17.8 Å². The summed E-state index contributed by atoms with van der Waals surface area (Å²) in [7, 11) is 0. The van der Waals surface area contributed by atoms with Gasteiger partial charge in [0.05, 0.1) is 6.04 Å². The van der Waals surface area contributed by atoms with E-state index in [1.54, 1.807) is 0 Å². The van der Waals surface area contributed by atoms with E-state index >= 15 is 0 Å². The lowest BCUT2D eigenvalue weighted by Crippen LogP contribution is -2.41. The van der Waals surface area contributed by atoms with Crippen LogP contribution >= 0.6 is 0 Å². The molecule has 4 atom stereocenters. The topological polar surface area (TPSA) is 29.5 Å². The summed E-state index contributed by atoms with van der Waals surface area (Å²) in [6, 6.07) is 18.7. The highest BCUT2D eigenvalue weighted by molar-refractivity contribution is 5.74. The minimum absolute atomic E-state index is 0.00388. The van der Waals surface area contributed by atoms with Gasteiger partial charge in [0.25, 0.3) is 0 Å². The molecule has 3 nitrogen and oxygen atoms in total. The molecule has 1 aliphatic heterocycles. The Hall–Kier alpha value is -2.55. The molecule has 1 unspecified atom stereocenters. The Morgan fingerprint density at radius 3 is 2.57 bits per heavy atom. The van der Waals surface area contributed by atoms with E-state index in [1.165, 1.54) is 23.1 Å². The van der Waals surface area contributed by atoms with Crippen molar-refractivity contribution in [2.24, 2.45) is 17.8 Å². The fourth-order valence-corrected chi connectivity index (χ4v) is 5.05. The maximum Gasteiger partial charge on any atom is 0.414 e. The molecule has 0 spiro atoms. The van der Waals surface area contributed by atoms with Crippen LogP contribution in [0.4, 0.5) is 4.79 Å². The van der Waals surface area contributed by atoms with Gasteiger partial charge in [0, 0.05) is 6.20 Å². The molecule has 1 saturated carbocycles. The second-order valence-electron chi connectivity index (χ2n) is 9.31. The van der Waals surface area contributed by atoms with Crippen molar-refractivity contribution in [3.05, 3.63) is 77.5 Å². The second-order valence-corrected chi connectivity index (χ2v) is 9.31. The highest BCUT2D eigenvalue weighted by Gasteiger charge is 2.36. The SMILES string of the molecule is CC(C)[C@@H]1CC[C@@H](C)C[C@H]1OC(=O)N1C=Cc2ccccc2C1Cc1ccccc1. The first-order valence-electron chi connectivity index (χ1n) is 11.3. The normalized spacial score (nSPS) is 25.8. The van der Waals surface area contributed by atoms with E-state index in [0.717, 1.165) is 19.3 Å². The van der Waals surface area contributed by atoms with Crippen molar-refractivity contribution in [2.75, 3.05) is 0 Å². The zero-order valence-electron chi connectivity index (χ0n) is 18.3. The molecule has 1 fully saturated rings. The van der Waals surface area contributed by atoms with Crippen LogP contribution in [0.3, 0.4) is 0 Å². The van der Waals surface area contributed by atoms with Crippen molar-refractivity contribution in [1.82, 2.24) is 4.90 Å². The van der Waals surface area contributed by atoms with Crippen molar-refractivity contribution in [2.45, 2.75) is 58.6 Å². The Labute approximate surface area is 180 Å². The van der Waals surface area contributed by atoms with Crippen molar-refractivity contribution in [3.63, 3.8) is 0 Å². The third-order valence-corrected chi connectivity index (χ3v) is 6.80. The number of amides is 1. The molecule has 2 aromatic rings. The highest BCUT2D eigenvalue weighted by Crippen LogP contribution is 2.38. The quantitative estimate of drug-likeness (QED) is 0.558. The van der Waals surface area contributed by atoms with Crippen LogP contribution in [0.1, 0.15) is 62.8 Å². The summed E-state index contributed by atoms with van der Waals surface area (Å²) in [6.45, 7) is 6.76. The summed E-state index contributed by atoms with van der Waals surface area (Å²) in [6.07, 6.45) is 7.83. The fraction of sp³-hybridized carbons (Fsp3) is 0.444. The van der Waals surface area contributed by atoms with Crippen molar-refractivity contribution in [3.8, 4) is 0 Å². The van der Waals surface area contributed by atoms with Gasteiger partial charge >= 0.3 is 6.09 Å². The van der Waals surface area contributed by atoms with E-state index in [4.69, 9.17) is 4.74 Å². The summed E-state index contributed by atoms with van der Waals surface area (Å²) in [5.41, 5.74) is 3.57. The van der Waals surface area contributed by atoms with Crippen LogP contribution in [0.5, 0.6) is 0 Å². The van der Waals surface area contributed by atoms with Gasteiger partial charge in [-0.05, 0) is 59.8 Å². The summed E-state index contributed by atoms with van der Waals surface area (Å²) in [5, 5.41) is 0. The maximum atomic E-state index is 13.4. The summed E-state index contributed by atoms with van der Waals surface area (Å²) >= 11 is 0. The molecule has 2 aliphatic rings. The molecule has 2 aromatic carbocycles. The number of hydrogen-bond donors (Lipinski definition) is 0.